The monoisotopic (exact) mass is 370 g/mol. The number of carbonyl (C=O) groups is 1. The molecule has 0 radical (unpaired) electrons. The van der Waals surface area contributed by atoms with Gasteiger partial charge in [-0.05, 0) is 56.3 Å². The highest BCUT2D eigenvalue weighted by molar-refractivity contribution is 7.12. The number of aryl methyl sites for hydroxylation is 2. The first kappa shape index (κ1) is 17.6. The average molecular weight is 371 g/mol. The molecule has 5 heteroatoms. The molecule has 26 heavy (non-hydrogen) atoms. The van der Waals surface area contributed by atoms with E-state index >= 15 is 0 Å². The molecular formula is C21H26N2O2S. The number of thiophene rings is 1. The lowest BCUT2D eigenvalue weighted by molar-refractivity contribution is 0.0576. The van der Waals surface area contributed by atoms with Gasteiger partial charge in [0.15, 0.2) is 0 Å². The van der Waals surface area contributed by atoms with Gasteiger partial charge in [-0.25, -0.2) is 0 Å². The van der Waals surface area contributed by atoms with Gasteiger partial charge >= 0.3 is 0 Å². The number of carbonyl (C=O) groups excluding carboxylic acids is 1. The Hall–Kier alpha value is -1.85. The molecule has 2 fully saturated rings. The van der Waals surface area contributed by atoms with Crippen LogP contribution in [0.4, 0.5) is 0 Å². The first-order valence-corrected chi connectivity index (χ1v) is 10.3. The molecule has 0 saturated carbocycles. The van der Waals surface area contributed by atoms with Gasteiger partial charge in [0.1, 0.15) is 12.4 Å². The maximum atomic E-state index is 12.8. The van der Waals surface area contributed by atoms with Crippen LogP contribution in [0.2, 0.25) is 0 Å². The average Bonchev–Trinajstić information content (AvgIpc) is 3.29. The van der Waals surface area contributed by atoms with Crippen LogP contribution in [0.1, 0.15) is 39.2 Å². The summed E-state index contributed by atoms with van der Waals surface area (Å²) in [6.45, 7) is 8.60. The molecule has 0 N–H and O–H groups in total. The summed E-state index contributed by atoms with van der Waals surface area (Å²) >= 11 is 1.53. The third-order valence-corrected chi connectivity index (χ3v) is 6.43. The molecule has 1 unspecified atom stereocenters. The molecule has 1 aromatic carbocycles. The summed E-state index contributed by atoms with van der Waals surface area (Å²) in [5, 5.41) is 2.04. The molecule has 1 atom stereocenters. The second-order valence-corrected chi connectivity index (χ2v) is 8.37. The summed E-state index contributed by atoms with van der Waals surface area (Å²) in [4.78, 5) is 18.2. The Bertz CT molecular complexity index is 801. The molecule has 1 aromatic heterocycles. The van der Waals surface area contributed by atoms with Crippen LogP contribution in [0.15, 0.2) is 29.6 Å². The maximum Gasteiger partial charge on any atom is 0.264 e. The van der Waals surface area contributed by atoms with Gasteiger partial charge < -0.3 is 9.64 Å². The Balaban J connectivity index is 1.37. The van der Waals surface area contributed by atoms with Crippen molar-refractivity contribution in [1.82, 2.24) is 9.80 Å². The van der Waals surface area contributed by atoms with Crippen molar-refractivity contribution in [3.8, 4) is 5.75 Å². The zero-order chi connectivity index (χ0) is 18.1. The van der Waals surface area contributed by atoms with E-state index in [-0.39, 0.29) is 5.91 Å². The molecule has 4 nitrogen and oxygen atoms in total. The molecule has 3 heterocycles. The molecule has 2 aliphatic heterocycles. The number of rotatable bonds is 4. The number of benzene rings is 1. The molecule has 138 valence electrons. The highest BCUT2D eigenvalue weighted by Gasteiger charge is 2.33. The molecule has 2 aliphatic rings. The summed E-state index contributed by atoms with van der Waals surface area (Å²) in [7, 11) is 0. The fraction of sp³-hybridized carbons (Fsp3) is 0.476. The Labute approximate surface area is 159 Å². The number of nitrogens with zero attached hydrogens (tertiary/aromatic N) is 2. The van der Waals surface area contributed by atoms with E-state index in [1.54, 1.807) is 0 Å². The summed E-state index contributed by atoms with van der Waals surface area (Å²) in [5.41, 5.74) is 3.45. The molecular weight excluding hydrogens is 344 g/mol. The number of fused-ring (bicyclic) bond motifs is 1. The second kappa shape index (κ2) is 7.41. The van der Waals surface area contributed by atoms with E-state index in [4.69, 9.17) is 4.74 Å². The number of ether oxygens (including phenoxy) is 1. The van der Waals surface area contributed by atoms with Gasteiger partial charge in [-0.15, -0.1) is 11.3 Å². The van der Waals surface area contributed by atoms with Crippen LogP contribution in [0.25, 0.3) is 0 Å². The normalized spacial score (nSPS) is 20.2. The molecule has 0 aliphatic carbocycles. The van der Waals surface area contributed by atoms with E-state index in [0.29, 0.717) is 12.6 Å². The van der Waals surface area contributed by atoms with Gasteiger partial charge in [-0.1, -0.05) is 17.7 Å². The summed E-state index contributed by atoms with van der Waals surface area (Å²) in [5.74, 6) is 1.09. The van der Waals surface area contributed by atoms with Gasteiger partial charge in [0.25, 0.3) is 5.91 Å². The highest BCUT2D eigenvalue weighted by Crippen LogP contribution is 2.25. The van der Waals surface area contributed by atoms with Crippen molar-refractivity contribution in [1.29, 1.82) is 0 Å². The molecule has 2 aromatic rings. The highest BCUT2D eigenvalue weighted by atomic mass is 32.1. The number of amides is 1. The van der Waals surface area contributed by atoms with Crippen molar-refractivity contribution in [2.45, 2.75) is 39.3 Å². The van der Waals surface area contributed by atoms with E-state index in [1.165, 1.54) is 36.3 Å². The molecule has 0 spiro atoms. The molecule has 2 saturated heterocycles. The first-order chi connectivity index (χ1) is 12.6. The van der Waals surface area contributed by atoms with E-state index in [1.807, 2.05) is 22.4 Å². The third kappa shape index (κ3) is 3.64. The van der Waals surface area contributed by atoms with Crippen LogP contribution in [-0.2, 0) is 6.61 Å². The predicted octanol–water partition coefficient (Wildman–Crippen LogP) is 3.86. The molecule has 1 amide bonds. The van der Waals surface area contributed by atoms with Crippen molar-refractivity contribution in [2.75, 3.05) is 26.2 Å². The van der Waals surface area contributed by atoms with Crippen LogP contribution in [-0.4, -0.2) is 47.9 Å². The van der Waals surface area contributed by atoms with Crippen molar-refractivity contribution < 1.29 is 9.53 Å². The van der Waals surface area contributed by atoms with Gasteiger partial charge in [0.2, 0.25) is 0 Å². The number of hydrogen-bond acceptors (Lipinski definition) is 4. The maximum absolute atomic E-state index is 12.8. The predicted molar refractivity (Wildman–Crippen MR) is 105 cm³/mol. The van der Waals surface area contributed by atoms with Crippen LogP contribution < -0.4 is 4.74 Å². The van der Waals surface area contributed by atoms with Gasteiger partial charge in [-0.2, -0.15) is 0 Å². The lowest BCUT2D eigenvalue weighted by Crippen LogP contribution is -2.51. The lowest BCUT2D eigenvalue weighted by Gasteiger charge is -2.37. The fourth-order valence-electron chi connectivity index (χ4n) is 4.02. The fourth-order valence-corrected chi connectivity index (χ4v) is 4.88. The lowest BCUT2D eigenvalue weighted by atomic mass is 10.1. The van der Waals surface area contributed by atoms with Gasteiger partial charge in [-0.3, -0.25) is 9.69 Å². The van der Waals surface area contributed by atoms with Gasteiger partial charge in [0.05, 0.1) is 4.88 Å². The Kier molecular flexibility index (Phi) is 5.00. The molecule has 4 rings (SSSR count). The van der Waals surface area contributed by atoms with E-state index in [0.717, 1.165) is 41.4 Å². The van der Waals surface area contributed by atoms with Crippen molar-refractivity contribution in [3.05, 3.63) is 51.2 Å². The van der Waals surface area contributed by atoms with Crippen LogP contribution in [0.5, 0.6) is 5.75 Å². The van der Waals surface area contributed by atoms with Crippen LogP contribution in [0, 0.1) is 13.8 Å². The number of hydrogen-bond donors (Lipinski definition) is 0. The van der Waals surface area contributed by atoms with Crippen molar-refractivity contribution in [2.24, 2.45) is 0 Å². The minimum absolute atomic E-state index is 0.180. The second-order valence-electron chi connectivity index (χ2n) is 7.46. The Morgan fingerprint density at radius 2 is 2.12 bits per heavy atom. The smallest absolute Gasteiger partial charge is 0.264 e. The number of piperazine rings is 1. The van der Waals surface area contributed by atoms with Crippen molar-refractivity contribution >= 4 is 17.2 Å². The largest absolute Gasteiger partial charge is 0.489 e. The first-order valence-electron chi connectivity index (χ1n) is 9.41. The van der Waals surface area contributed by atoms with E-state index in [9.17, 15) is 4.79 Å². The third-order valence-electron chi connectivity index (χ3n) is 5.46. The Morgan fingerprint density at radius 3 is 2.96 bits per heavy atom. The summed E-state index contributed by atoms with van der Waals surface area (Å²) < 4.78 is 5.95. The van der Waals surface area contributed by atoms with Crippen LogP contribution in [0.3, 0.4) is 0 Å². The minimum Gasteiger partial charge on any atom is -0.489 e. The van der Waals surface area contributed by atoms with Gasteiger partial charge in [0, 0.05) is 31.2 Å². The SMILES string of the molecule is Cc1ccc(OCc2csc(C(=O)N3CCN4CCCC4C3)c2)c(C)c1. The topological polar surface area (TPSA) is 32.8 Å². The quantitative estimate of drug-likeness (QED) is 0.819. The van der Waals surface area contributed by atoms with E-state index in [2.05, 4.69) is 30.9 Å². The zero-order valence-electron chi connectivity index (χ0n) is 15.5. The van der Waals surface area contributed by atoms with Crippen LogP contribution >= 0.6 is 11.3 Å². The Morgan fingerprint density at radius 1 is 1.23 bits per heavy atom. The standard InChI is InChI=1S/C21H26N2O2S/c1-15-5-6-19(16(2)10-15)25-13-17-11-20(26-14-17)21(24)23-9-8-22-7-3-4-18(22)12-23/h5-6,10-11,14,18H,3-4,7-9,12-13H2,1-2H3. The molecule has 0 bridgehead atoms. The summed E-state index contributed by atoms with van der Waals surface area (Å²) in [6.07, 6.45) is 2.49. The van der Waals surface area contributed by atoms with E-state index < -0.39 is 0 Å². The summed E-state index contributed by atoms with van der Waals surface area (Å²) in [6, 6.07) is 8.77. The zero-order valence-corrected chi connectivity index (χ0v) is 16.3. The minimum atomic E-state index is 0.180. The van der Waals surface area contributed by atoms with Crippen molar-refractivity contribution in [3.63, 3.8) is 0 Å².